The number of imidazole rings is 1. The van der Waals surface area contributed by atoms with Gasteiger partial charge in [-0.15, -0.1) is 0 Å². The molecule has 0 aliphatic carbocycles. The highest BCUT2D eigenvalue weighted by atomic mass is 16.6. The van der Waals surface area contributed by atoms with Crippen molar-refractivity contribution in [3.8, 4) is 0 Å². The number of aliphatic carboxylic acids is 1. The molecule has 15 nitrogen and oxygen atoms in total. The monoisotopic (exact) mass is 763 g/mol. The summed E-state index contributed by atoms with van der Waals surface area (Å²) in [6, 6.07) is -2.49. The van der Waals surface area contributed by atoms with Crippen molar-refractivity contribution in [1.29, 1.82) is 0 Å². The quantitative estimate of drug-likeness (QED) is 0.0655. The van der Waals surface area contributed by atoms with E-state index in [9.17, 15) is 33.9 Å². The molecule has 3 amide bonds. The lowest BCUT2D eigenvalue weighted by Gasteiger charge is -2.36. The van der Waals surface area contributed by atoms with Gasteiger partial charge in [-0.1, -0.05) is 71.1 Å². The van der Waals surface area contributed by atoms with Crippen LogP contribution in [0.15, 0.2) is 6.33 Å². The molecule has 0 saturated carbocycles. The minimum atomic E-state index is -1.29. The summed E-state index contributed by atoms with van der Waals surface area (Å²) in [4.78, 5) is 82.8. The number of nitrogens with two attached hydrogens (primary N) is 1. The fourth-order valence-electron chi connectivity index (χ4n) is 6.21. The van der Waals surface area contributed by atoms with E-state index in [0.29, 0.717) is 24.2 Å². The van der Waals surface area contributed by atoms with E-state index >= 15 is 0 Å². The molecule has 0 bridgehead atoms. The van der Waals surface area contributed by atoms with E-state index in [2.05, 4.69) is 17.2 Å². The van der Waals surface area contributed by atoms with Crippen molar-refractivity contribution in [3.05, 3.63) is 17.7 Å². The third-order valence-corrected chi connectivity index (χ3v) is 8.88. The van der Waals surface area contributed by atoms with Gasteiger partial charge >= 0.3 is 24.1 Å². The van der Waals surface area contributed by atoms with Crippen LogP contribution in [0.2, 0.25) is 0 Å². The summed E-state index contributed by atoms with van der Waals surface area (Å²) < 4.78 is 18.1. The Labute approximate surface area is 320 Å². The minimum absolute atomic E-state index is 0.0410. The summed E-state index contributed by atoms with van der Waals surface area (Å²) in [6.07, 6.45) is 11.2. The largest absolute Gasteiger partial charge is 0.481 e. The van der Waals surface area contributed by atoms with Crippen LogP contribution in [0.4, 0.5) is 9.59 Å². The number of carboxylic acids is 1. The van der Waals surface area contributed by atoms with Crippen molar-refractivity contribution < 1.29 is 48.1 Å². The summed E-state index contributed by atoms with van der Waals surface area (Å²) >= 11 is 0. The first kappa shape index (κ1) is 46.0. The second-order valence-electron chi connectivity index (χ2n) is 16.2. The molecule has 2 heterocycles. The van der Waals surface area contributed by atoms with Gasteiger partial charge in [-0.25, -0.2) is 23.9 Å². The maximum Gasteiger partial charge on any atom is 0.420 e. The molecular formula is C39H65N5O10. The summed E-state index contributed by atoms with van der Waals surface area (Å²) in [5.74, 6) is -3.28. The highest BCUT2D eigenvalue weighted by molar-refractivity contribution is 5.90. The van der Waals surface area contributed by atoms with E-state index in [1.807, 2.05) is 0 Å². The van der Waals surface area contributed by atoms with Gasteiger partial charge in [-0.05, 0) is 67.2 Å². The fourth-order valence-corrected chi connectivity index (χ4v) is 6.21. The molecule has 1 aliphatic heterocycles. The maximum atomic E-state index is 14.0. The molecule has 1 aromatic rings. The van der Waals surface area contributed by atoms with Crippen LogP contribution in [0.3, 0.4) is 0 Å². The number of ether oxygens (including phenoxy) is 3. The molecule has 54 heavy (non-hydrogen) atoms. The van der Waals surface area contributed by atoms with Gasteiger partial charge < -0.3 is 30.4 Å². The Bertz CT molecular complexity index is 1400. The lowest BCUT2D eigenvalue weighted by atomic mass is 10.0. The number of fused-ring (bicyclic) bond motifs is 1. The van der Waals surface area contributed by atoms with Gasteiger partial charge in [0.25, 0.3) is 0 Å². The molecule has 2 rings (SSSR count). The van der Waals surface area contributed by atoms with E-state index < -0.39 is 65.3 Å². The van der Waals surface area contributed by atoms with Gasteiger partial charge in [-0.2, -0.15) is 0 Å². The first-order chi connectivity index (χ1) is 25.3. The number of primary amides is 1. The zero-order chi connectivity index (χ0) is 40.5. The molecule has 4 N–H and O–H groups in total. The van der Waals surface area contributed by atoms with E-state index in [-0.39, 0.29) is 38.6 Å². The minimum Gasteiger partial charge on any atom is -0.481 e. The van der Waals surface area contributed by atoms with Crippen molar-refractivity contribution in [3.63, 3.8) is 0 Å². The Morgan fingerprint density at radius 1 is 0.852 bits per heavy atom. The third-order valence-electron chi connectivity index (χ3n) is 8.88. The molecule has 0 radical (unpaired) electrons. The summed E-state index contributed by atoms with van der Waals surface area (Å²) in [5, 5.41) is 11.9. The number of carbonyl (C=O) groups is 6. The maximum absolute atomic E-state index is 14.0. The number of amides is 3. The number of rotatable bonds is 22. The molecule has 3 atom stereocenters. The first-order valence-electron chi connectivity index (χ1n) is 19.6. The van der Waals surface area contributed by atoms with Crippen LogP contribution in [-0.4, -0.2) is 84.9 Å². The van der Waals surface area contributed by atoms with Crippen molar-refractivity contribution in [2.24, 2.45) is 5.73 Å². The highest BCUT2D eigenvalue weighted by Gasteiger charge is 2.41. The zero-order valence-electron chi connectivity index (χ0n) is 33.6. The van der Waals surface area contributed by atoms with Gasteiger partial charge in [0, 0.05) is 12.8 Å². The van der Waals surface area contributed by atoms with E-state index in [1.165, 1.54) is 55.8 Å². The van der Waals surface area contributed by atoms with Crippen molar-refractivity contribution >= 4 is 35.9 Å². The van der Waals surface area contributed by atoms with E-state index in [0.717, 1.165) is 24.2 Å². The summed E-state index contributed by atoms with van der Waals surface area (Å²) in [5.41, 5.74) is 4.48. The Hall–Kier alpha value is -4.17. The van der Waals surface area contributed by atoms with Crippen molar-refractivity contribution in [2.45, 2.75) is 194 Å². The molecule has 0 aromatic carbocycles. The van der Waals surface area contributed by atoms with Crippen LogP contribution in [0, 0.1) is 0 Å². The van der Waals surface area contributed by atoms with E-state index in [1.54, 1.807) is 41.5 Å². The molecule has 0 spiro atoms. The number of carbonyl (C=O) groups excluding carboxylic acids is 5. The van der Waals surface area contributed by atoms with Crippen LogP contribution in [-0.2, 0) is 46.4 Å². The number of carboxylic acid groups (broad SMARTS) is 1. The molecule has 306 valence electrons. The predicted molar refractivity (Wildman–Crippen MR) is 201 cm³/mol. The van der Waals surface area contributed by atoms with Crippen LogP contribution in [0.25, 0.3) is 0 Å². The van der Waals surface area contributed by atoms with Gasteiger partial charge in [0.05, 0.1) is 24.4 Å². The van der Waals surface area contributed by atoms with Crippen molar-refractivity contribution in [2.75, 3.05) is 0 Å². The lowest BCUT2D eigenvalue weighted by molar-refractivity contribution is -0.155. The summed E-state index contributed by atoms with van der Waals surface area (Å²) in [7, 11) is 0. The second-order valence-corrected chi connectivity index (χ2v) is 16.2. The van der Waals surface area contributed by atoms with Gasteiger partial charge in [0.2, 0.25) is 11.8 Å². The standard InChI is InChI=1S/C39H65N5O10/c1-8-9-10-11-12-13-14-15-16-17-18-20-27(23-32(40)45)52-35(49)28(21-19-22-33(46)47)42-34(48)30-24-29-31(25-43(30)36(50)53-38(2,3)4)44(26-41-29)37(51)54-39(5,6)7/h26-28,30H,8-25H2,1-7H3,(H2,40,45)(H,42,48)(H,46,47)/t27-,28-,30-/m0/s1. The first-order valence-corrected chi connectivity index (χ1v) is 19.6. The smallest absolute Gasteiger partial charge is 0.420 e. The highest BCUT2D eigenvalue weighted by Crippen LogP contribution is 2.27. The normalized spacial score (nSPS) is 15.5. The molecule has 0 fully saturated rings. The summed E-state index contributed by atoms with van der Waals surface area (Å²) in [6.45, 7) is 12.2. The molecular weight excluding hydrogens is 698 g/mol. The van der Waals surface area contributed by atoms with Crippen LogP contribution >= 0.6 is 0 Å². The number of aromatic nitrogens is 2. The molecule has 0 unspecified atom stereocenters. The second kappa shape index (κ2) is 22.3. The van der Waals surface area contributed by atoms with Crippen LogP contribution in [0.5, 0.6) is 0 Å². The lowest BCUT2D eigenvalue weighted by Crippen LogP contribution is -2.56. The number of nitrogens with zero attached hydrogens (tertiary/aromatic N) is 3. The zero-order valence-corrected chi connectivity index (χ0v) is 33.6. The topological polar surface area (TPSA) is 209 Å². The third kappa shape index (κ3) is 17.3. The van der Waals surface area contributed by atoms with Crippen LogP contribution in [0.1, 0.15) is 163 Å². The average molecular weight is 764 g/mol. The fraction of sp³-hybridized carbons (Fsp3) is 0.769. The molecule has 1 aliphatic rings. The number of unbranched alkanes of at least 4 members (excludes halogenated alkanes) is 10. The Kier molecular flexibility index (Phi) is 19.0. The Morgan fingerprint density at radius 2 is 1.41 bits per heavy atom. The van der Waals surface area contributed by atoms with Gasteiger partial charge in [-0.3, -0.25) is 19.3 Å². The Morgan fingerprint density at radius 3 is 1.94 bits per heavy atom. The number of hydrogen-bond acceptors (Lipinski definition) is 10. The average Bonchev–Trinajstić information content (AvgIpc) is 3.47. The SMILES string of the molecule is CCCCCCCCCCCCC[C@@H](CC(N)=O)OC(=O)[C@H](CCCC(=O)O)NC(=O)[C@@H]1Cc2ncn(C(=O)OC(C)(C)C)c2CN1C(=O)OC(C)(C)C. The molecule has 1 aromatic heterocycles. The molecule has 0 saturated heterocycles. The van der Waals surface area contributed by atoms with Gasteiger partial charge in [0.1, 0.15) is 35.7 Å². The Balaban J connectivity index is 2.19. The predicted octanol–water partition coefficient (Wildman–Crippen LogP) is 6.56. The van der Waals surface area contributed by atoms with Gasteiger partial charge in [0.15, 0.2) is 0 Å². The number of esters is 1. The number of nitrogens with one attached hydrogen (secondary N) is 1. The van der Waals surface area contributed by atoms with Crippen molar-refractivity contribution in [1.82, 2.24) is 19.8 Å². The van der Waals surface area contributed by atoms with E-state index in [4.69, 9.17) is 19.9 Å². The van der Waals surface area contributed by atoms with Crippen LogP contribution < -0.4 is 11.1 Å². The molecule has 15 heteroatoms. The number of hydrogen-bond donors (Lipinski definition) is 3.